The standard InChI is InChI=1S/C13H19NO2/c1-10-4-6-11(7-5-10)16-9-13-12(8-15-3)14(13)2/h4-7,12-13H,8-9H2,1-3H3/t12?,13-,14?/m1/s1. The van der Waals surface area contributed by atoms with Gasteiger partial charge in [0.15, 0.2) is 0 Å². The molecule has 1 heterocycles. The van der Waals surface area contributed by atoms with E-state index in [4.69, 9.17) is 9.47 Å². The van der Waals surface area contributed by atoms with Crippen molar-refractivity contribution < 1.29 is 9.47 Å². The van der Waals surface area contributed by atoms with Crippen LogP contribution in [0.15, 0.2) is 24.3 Å². The molecule has 0 bridgehead atoms. The second-order valence-corrected chi connectivity index (χ2v) is 4.38. The fourth-order valence-electron chi connectivity index (χ4n) is 1.92. The Morgan fingerprint density at radius 1 is 1.12 bits per heavy atom. The summed E-state index contributed by atoms with van der Waals surface area (Å²) in [6, 6.07) is 9.19. The number of ether oxygens (including phenoxy) is 2. The molecule has 88 valence electrons. The fourth-order valence-corrected chi connectivity index (χ4v) is 1.92. The van der Waals surface area contributed by atoms with Gasteiger partial charge >= 0.3 is 0 Å². The second kappa shape index (κ2) is 4.85. The summed E-state index contributed by atoms with van der Waals surface area (Å²) in [6.45, 7) is 3.61. The zero-order valence-electron chi connectivity index (χ0n) is 10.1. The molecule has 3 nitrogen and oxygen atoms in total. The lowest BCUT2D eigenvalue weighted by Gasteiger charge is -2.05. The maximum absolute atomic E-state index is 5.73. The molecule has 16 heavy (non-hydrogen) atoms. The van der Waals surface area contributed by atoms with E-state index >= 15 is 0 Å². The largest absolute Gasteiger partial charge is 0.492 e. The molecule has 0 saturated carbocycles. The van der Waals surface area contributed by atoms with Crippen molar-refractivity contribution in [1.29, 1.82) is 0 Å². The van der Waals surface area contributed by atoms with Crippen molar-refractivity contribution in [2.24, 2.45) is 0 Å². The van der Waals surface area contributed by atoms with Crippen LogP contribution in [0.2, 0.25) is 0 Å². The number of benzene rings is 1. The molecule has 0 spiro atoms. The Morgan fingerprint density at radius 3 is 2.38 bits per heavy atom. The number of rotatable bonds is 5. The van der Waals surface area contributed by atoms with Gasteiger partial charge in [0.2, 0.25) is 0 Å². The summed E-state index contributed by atoms with van der Waals surface area (Å²) >= 11 is 0. The van der Waals surface area contributed by atoms with Crippen LogP contribution in [-0.4, -0.2) is 44.4 Å². The average molecular weight is 221 g/mol. The maximum atomic E-state index is 5.73. The van der Waals surface area contributed by atoms with E-state index in [1.54, 1.807) is 7.11 Å². The van der Waals surface area contributed by atoms with Gasteiger partial charge in [-0.25, -0.2) is 0 Å². The van der Waals surface area contributed by atoms with Crippen molar-refractivity contribution in [3.8, 4) is 5.75 Å². The van der Waals surface area contributed by atoms with Gasteiger partial charge in [-0.15, -0.1) is 0 Å². The van der Waals surface area contributed by atoms with Gasteiger partial charge in [0.25, 0.3) is 0 Å². The van der Waals surface area contributed by atoms with Crippen LogP contribution in [0.1, 0.15) is 5.56 Å². The predicted molar refractivity (Wildman–Crippen MR) is 63.9 cm³/mol. The summed E-state index contributed by atoms with van der Waals surface area (Å²) in [5, 5.41) is 0. The molecule has 2 rings (SSSR count). The van der Waals surface area contributed by atoms with E-state index in [2.05, 4.69) is 31.0 Å². The average Bonchev–Trinajstić information content (AvgIpc) is 2.89. The van der Waals surface area contributed by atoms with E-state index in [9.17, 15) is 0 Å². The minimum absolute atomic E-state index is 0.501. The molecule has 0 aliphatic carbocycles. The molecule has 3 heteroatoms. The van der Waals surface area contributed by atoms with Crippen LogP contribution in [-0.2, 0) is 4.74 Å². The lowest BCUT2D eigenvalue weighted by atomic mass is 10.2. The highest BCUT2D eigenvalue weighted by Gasteiger charge is 2.44. The maximum Gasteiger partial charge on any atom is 0.119 e. The summed E-state index contributed by atoms with van der Waals surface area (Å²) < 4.78 is 10.9. The zero-order valence-corrected chi connectivity index (χ0v) is 10.1. The van der Waals surface area contributed by atoms with E-state index in [-0.39, 0.29) is 0 Å². The third-order valence-corrected chi connectivity index (χ3v) is 3.18. The Balaban J connectivity index is 1.78. The Bertz CT molecular complexity index is 336. The first kappa shape index (κ1) is 11.4. The molecular formula is C13H19NO2. The van der Waals surface area contributed by atoms with Crippen molar-refractivity contribution >= 4 is 0 Å². The SMILES string of the molecule is COCC1[C@@H](COc2ccc(C)cc2)N1C. The molecule has 3 atom stereocenters. The summed E-state index contributed by atoms with van der Waals surface area (Å²) in [4.78, 5) is 2.28. The Kier molecular flexibility index (Phi) is 3.46. The Hall–Kier alpha value is -1.06. The topological polar surface area (TPSA) is 21.5 Å². The quantitative estimate of drug-likeness (QED) is 0.706. The lowest BCUT2D eigenvalue weighted by Crippen LogP contribution is -2.10. The third kappa shape index (κ3) is 2.54. The summed E-state index contributed by atoms with van der Waals surface area (Å²) in [5.41, 5.74) is 1.26. The molecule has 1 aromatic rings. The predicted octanol–water partition coefficient (Wildman–Crippen LogP) is 1.70. The molecule has 0 N–H and O–H groups in total. The minimum Gasteiger partial charge on any atom is -0.492 e. The molecule has 1 aliphatic rings. The Morgan fingerprint density at radius 2 is 1.75 bits per heavy atom. The van der Waals surface area contributed by atoms with Crippen molar-refractivity contribution in [1.82, 2.24) is 4.90 Å². The number of hydrogen-bond donors (Lipinski definition) is 0. The van der Waals surface area contributed by atoms with Gasteiger partial charge in [-0.1, -0.05) is 17.7 Å². The van der Waals surface area contributed by atoms with Crippen LogP contribution in [0.4, 0.5) is 0 Å². The smallest absolute Gasteiger partial charge is 0.119 e. The number of aryl methyl sites for hydroxylation is 1. The molecule has 0 aromatic heterocycles. The Labute approximate surface area is 97.0 Å². The molecule has 0 radical (unpaired) electrons. The summed E-state index contributed by atoms with van der Waals surface area (Å²) in [7, 11) is 3.84. The zero-order chi connectivity index (χ0) is 11.5. The van der Waals surface area contributed by atoms with Gasteiger partial charge in [-0.3, -0.25) is 4.90 Å². The van der Waals surface area contributed by atoms with Gasteiger partial charge in [-0.05, 0) is 26.1 Å². The molecule has 1 fully saturated rings. The normalized spacial score (nSPS) is 27.8. The molecular weight excluding hydrogens is 202 g/mol. The molecule has 1 aromatic carbocycles. The molecule has 1 aliphatic heterocycles. The van der Waals surface area contributed by atoms with Crippen LogP contribution in [0.5, 0.6) is 5.75 Å². The van der Waals surface area contributed by atoms with Crippen molar-refractivity contribution in [2.45, 2.75) is 19.0 Å². The molecule has 2 unspecified atom stereocenters. The van der Waals surface area contributed by atoms with Gasteiger partial charge < -0.3 is 9.47 Å². The monoisotopic (exact) mass is 221 g/mol. The van der Waals surface area contributed by atoms with Gasteiger partial charge in [0.05, 0.1) is 18.7 Å². The number of hydrogen-bond acceptors (Lipinski definition) is 3. The van der Waals surface area contributed by atoms with Crippen molar-refractivity contribution in [3.05, 3.63) is 29.8 Å². The number of methoxy groups -OCH3 is 1. The van der Waals surface area contributed by atoms with Gasteiger partial charge in [0, 0.05) is 7.11 Å². The highest BCUT2D eigenvalue weighted by atomic mass is 16.5. The summed E-state index contributed by atoms with van der Waals surface area (Å²) in [5.74, 6) is 0.946. The van der Waals surface area contributed by atoms with Gasteiger partial charge in [-0.2, -0.15) is 0 Å². The third-order valence-electron chi connectivity index (χ3n) is 3.18. The van der Waals surface area contributed by atoms with Crippen molar-refractivity contribution in [2.75, 3.05) is 27.4 Å². The number of likely N-dealkylation sites (N-methyl/N-ethyl adjacent to an activating group) is 1. The summed E-state index contributed by atoms with van der Waals surface area (Å²) in [6.07, 6.45) is 0. The molecule has 0 amide bonds. The van der Waals surface area contributed by atoms with E-state index < -0.39 is 0 Å². The van der Waals surface area contributed by atoms with Crippen LogP contribution >= 0.6 is 0 Å². The van der Waals surface area contributed by atoms with Crippen molar-refractivity contribution in [3.63, 3.8) is 0 Å². The number of nitrogens with zero attached hydrogens (tertiary/aromatic N) is 1. The van der Waals surface area contributed by atoms with E-state index in [0.29, 0.717) is 12.1 Å². The first-order chi connectivity index (χ1) is 7.72. The first-order valence-electron chi connectivity index (χ1n) is 5.62. The van der Waals surface area contributed by atoms with E-state index in [1.165, 1.54) is 5.56 Å². The van der Waals surface area contributed by atoms with E-state index in [0.717, 1.165) is 19.0 Å². The molecule has 1 saturated heterocycles. The highest BCUT2D eigenvalue weighted by molar-refractivity contribution is 5.26. The lowest BCUT2D eigenvalue weighted by molar-refractivity contribution is 0.189. The first-order valence-corrected chi connectivity index (χ1v) is 5.62. The highest BCUT2D eigenvalue weighted by Crippen LogP contribution is 2.26. The second-order valence-electron chi connectivity index (χ2n) is 4.38. The van der Waals surface area contributed by atoms with E-state index in [1.807, 2.05) is 12.1 Å². The van der Waals surface area contributed by atoms with Crippen LogP contribution < -0.4 is 4.74 Å². The van der Waals surface area contributed by atoms with Crippen LogP contribution in [0.3, 0.4) is 0 Å². The fraction of sp³-hybridized carbons (Fsp3) is 0.538. The van der Waals surface area contributed by atoms with Crippen LogP contribution in [0.25, 0.3) is 0 Å². The van der Waals surface area contributed by atoms with Crippen LogP contribution in [0, 0.1) is 6.92 Å². The minimum atomic E-state index is 0.501. The van der Waals surface area contributed by atoms with Gasteiger partial charge in [0.1, 0.15) is 12.4 Å².